The standard InChI is InChI=1S/C22H37N3O5.C18H29N3O5/c1-22(2,3)29-20(27)13-17(12-8-11-16-9-6-5-7-10-16)21-24-18(25-30-21)14-23-19(26)15-28-4;1-25-12-16(22)19-11-15-20-18(26-21-15)14(10-17(23)24)9-5-8-13-6-3-2-4-7-13/h16-17H,5-15H2,1-4H3,(H,23,26);13-14H,2-12H2,1H3,(H,19,22)(H,23,24)/t17-;14-/m11/s1. The van der Waals surface area contributed by atoms with Gasteiger partial charge in [-0.3, -0.25) is 19.2 Å². The molecule has 0 radical (unpaired) electrons. The van der Waals surface area contributed by atoms with E-state index in [4.69, 9.17) is 23.3 Å². The minimum Gasteiger partial charge on any atom is -0.481 e. The van der Waals surface area contributed by atoms with Crippen molar-refractivity contribution >= 4 is 23.8 Å². The van der Waals surface area contributed by atoms with Crippen LogP contribution in [0.3, 0.4) is 0 Å². The highest BCUT2D eigenvalue weighted by Crippen LogP contribution is 2.33. The Morgan fingerprint density at radius 3 is 1.54 bits per heavy atom. The molecule has 316 valence electrons. The normalized spacial score (nSPS) is 16.3. The average Bonchev–Trinajstić information content (AvgIpc) is 3.83. The van der Waals surface area contributed by atoms with Crippen LogP contribution in [0.15, 0.2) is 9.05 Å². The highest BCUT2D eigenvalue weighted by Gasteiger charge is 2.27. The van der Waals surface area contributed by atoms with Crippen LogP contribution in [0.25, 0.3) is 0 Å². The fourth-order valence-electron chi connectivity index (χ4n) is 7.41. The van der Waals surface area contributed by atoms with E-state index in [1.54, 1.807) is 0 Å². The van der Waals surface area contributed by atoms with E-state index in [9.17, 15) is 24.3 Å². The van der Waals surface area contributed by atoms with E-state index < -0.39 is 11.6 Å². The van der Waals surface area contributed by atoms with Crippen molar-refractivity contribution in [2.24, 2.45) is 11.8 Å². The molecule has 16 heteroatoms. The zero-order valence-electron chi connectivity index (χ0n) is 34.3. The third-order valence-corrected chi connectivity index (χ3v) is 10.1. The lowest BCUT2D eigenvalue weighted by atomic mass is 9.84. The van der Waals surface area contributed by atoms with Crippen molar-refractivity contribution in [3.05, 3.63) is 23.4 Å². The van der Waals surface area contributed by atoms with Crippen LogP contribution in [0.5, 0.6) is 0 Å². The van der Waals surface area contributed by atoms with Crippen LogP contribution in [-0.4, -0.2) is 82.2 Å². The van der Waals surface area contributed by atoms with Crippen molar-refractivity contribution in [2.45, 2.75) is 167 Å². The molecule has 0 bridgehead atoms. The number of hydrogen-bond acceptors (Lipinski definition) is 13. The summed E-state index contributed by atoms with van der Waals surface area (Å²) < 4.78 is 25.7. The Kier molecular flexibility index (Phi) is 21.0. The summed E-state index contributed by atoms with van der Waals surface area (Å²) in [7, 11) is 2.90. The first kappa shape index (κ1) is 46.5. The van der Waals surface area contributed by atoms with Gasteiger partial charge < -0.3 is 39.0 Å². The molecular formula is C40H66N6O10. The molecule has 16 nitrogen and oxygen atoms in total. The highest BCUT2D eigenvalue weighted by atomic mass is 16.6. The van der Waals surface area contributed by atoms with Crippen LogP contribution < -0.4 is 10.6 Å². The van der Waals surface area contributed by atoms with Gasteiger partial charge in [-0.05, 0) is 45.4 Å². The Morgan fingerprint density at radius 1 is 0.714 bits per heavy atom. The molecule has 56 heavy (non-hydrogen) atoms. The summed E-state index contributed by atoms with van der Waals surface area (Å²) >= 11 is 0. The largest absolute Gasteiger partial charge is 0.481 e. The summed E-state index contributed by atoms with van der Waals surface area (Å²) in [6.07, 6.45) is 19.1. The number of nitrogens with one attached hydrogen (secondary N) is 2. The summed E-state index contributed by atoms with van der Waals surface area (Å²) in [4.78, 5) is 55.2. The average molecular weight is 791 g/mol. The monoisotopic (exact) mass is 790 g/mol. The molecule has 2 amide bonds. The van der Waals surface area contributed by atoms with E-state index in [1.807, 2.05) is 20.8 Å². The second-order valence-corrected chi connectivity index (χ2v) is 16.2. The van der Waals surface area contributed by atoms with Crippen LogP contribution >= 0.6 is 0 Å². The van der Waals surface area contributed by atoms with Crippen LogP contribution in [0.2, 0.25) is 0 Å². The molecule has 0 aromatic carbocycles. The van der Waals surface area contributed by atoms with Crippen molar-refractivity contribution < 1.29 is 47.5 Å². The van der Waals surface area contributed by atoms with Crippen molar-refractivity contribution in [3.63, 3.8) is 0 Å². The number of carboxylic acids is 1. The van der Waals surface area contributed by atoms with Crippen molar-refractivity contribution in [3.8, 4) is 0 Å². The maximum Gasteiger partial charge on any atom is 0.307 e. The molecule has 2 fully saturated rings. The molecule has 0 saturated heterocycles. The van der Waals surface area contributed by atoms with E-state index in [0.717, 1.165) is 43.9 Å². The minimum atomic E-state index is -0.874. The van der Waals surface area contributed by atoms with Crippen LogP contribution in [-0.2, 0) is 46.5 Å². The number of hydrogen-bond donors (Lipinski definition) is 3. The number of aromatic nitrogens is 4. The van der Waals surface area contributed by atoms with E-state index in [-0.39, 0.29) is 68.8 Å². The number of carbonyl (C=O) groups excluding carboxylic acids is 3. The number of amides is 2. The molecule has 2 aromatic heterocycles. The number of aliphatic carboxylic acids is 1. The third-order valence-electron chi connectivity index (χ3n) is 10.1. The molecule has 2 aliphatic carbocycles. The molecule has 2 aromatic rings. The zero-order valence-corrected chi connectivity index (χ0v) is 34.3. The van der Waals surface area contributed by atoms with Gasteiger partial charge in [0.1, 0.15) is 18.8 Å². The number of rotatable bonds is 22. The number of esters is 1. The number of ether oxygens (including phenoxy) is 3. The number of methoxy groups -OCH3 is 2. The fourth-order valence-corrected chi connectivity index (χ4v) is 7.41. The van der Waals surface area contributed by atoms with Crippen LogP contribution in [0.1, 0.15) is 172 Å². The fraction of sp³-hybridized carbons (Fsp3) is 0.800. The summed E-state index contributed by atoms with van der Waals surface area (Å²) in [6, 6.07) is 0. The van der Waals surface area contributed by atoms with E-state index >= 15 is 0 Å². The lowest BCUT2D eigenvalue weighted by molar-refractivity contribution is -0.155. The summed E-state index contributed by atoms with van der Waals surface area (Å²) in [5.74, 6) is 0.926. The molecule has 0 aliphatic heterocycles. The van der Waals surface area contributed by atoms with Gasteiger partial charge in [0.15, 0.2) is 11.6 Å². The second kappa shape index (κ2) is 25.4. The summed E-state index contributed by atoms with van der Waals surface area (Å²) in [6.45, 7) is 5.81. The van der Waals surface area contributed by atoms with E-state index in [2.05, 4.69) is 30.9 Å². The lowest BCUT2D eigenvalue weighted by Gasteiger charge is -2.23. The Bertz CT molecular complexity index is 1440. The number of carbonyl (C=O) groups is 4. The van der Waals surface area contributed by atoms with Crippen molar-refractivity contribution in [1.82, 2.24) is 30.9 Å². The third kappa shape index (κ3) is 19.3. The van der Waals surface area contributed by atoms with Gasteiger partial charge in [-0.1, -0.05) is 100 Å². The lowest BCUT2D eigenvalue weighted by Crippen LogP contribution is -2.27. The van der Waals surface area contributed by atoms with Gasteiger partial charge >= 0.3 is 11.9 Å². The van der Waals surface area contributed by atoms with Gasteiger partial charge in [-0.2, -0.15) is 9.97 Å². The number of nitrogens with zero attached hydrogens (tertiary/aromatic N) is 4. The smallest absolute Gasteiger partial charge is 0.307 e. The van der Waals surface area contributed by atoms with Crippen molar-refractivity contribution in [1.29, 1.82) is 0 Å². The van der Waals surface area contributed by atoms with E-state index in [0.29, 0.717) is 23.4 Å². The van der Waals surface area contributed by atoms with Gasteiger partial charge in [0.25, 0.3) is 0 Å². The van der Waals surface area contributed by atoms with Gasteiger partial charge in [0.05, 0.1) is 25.9 Å². The van der Waals surface area contributed by atoms with E-state index in [1.165, 1.54) is 84.8 Å². The molecule has 3 N–H and O–H groups in total. The highest BCUT2D eigenvalue weighted by molar-refractivity contribution is 5.77. The van der Waals surface area contributed by atoms with Gasteiger partial charge in [0.2, 0.25) is 23.6 Å². The molecule has 0 spiro atoms. The molecule has 2 saturated carbocycles. The maximum atomic E-state index is 12.4. The Balaban J connectivity index is 0.000000303. The van der Waals surface area contributed by atoms with Gasteiger partial charge in [-0.15, -0.1) is 0 Å². The number of carboxylic acid groups (broad SMARTS) is 1. The summed E-state index contributed by atoms with van der Waals surface area (Å²) in [5, 5.41) is 22.3. The SMILES string of the molecule is COCC(=O)NCc1noc([C@H](CCCC2CCCCC2)CC(=O)O)n1.COCC(=O)NCc1noc([C@H](CCCC2CCCCC2)CC(=O)OC(C)(C)C)n1. The molecule has 0 unspecified atom stereocenters. The molecule has 2 aliphatic rings. The summed E-state index contributed by atoms with van der Waals surface area (Å²) in [5.41, 5.74) is -0.532. The Labute approximate surface area is 331 Å². The molecule has 2 atom stereocenters. The first-order valence-corrected chi connectivity index (χ1v) is 20.4. The first-order chi connectivity index (χ1) is 26.8. The predicted octanol–water partition coefficient (Wildman–Crippen LogP) is 6.54. The predicted molar refractivity (Wildman–Crippen MR) is 205 cm³/mol. The van der Waals surface area contributed by atoms with Crippen LogP contribution in [0, 0.1) is 11.8 Å². The molecular weight excluding hydrogens is 724 g/mol. The van der Waals surface area contributed by atoms with Gasteiger partial charge in [0, 0.05) is 26.1 Å². The van der Waals surface area contributed by atoms with Crippen LogP contribution in [0.4, 0.5) is 0 Å². The maximum absolute atomic E-state index is 12.4. The first-order valence-electron chi connectivity index (χ1n) is 20.4. The quantitative estimate of drug-likeness (QED) is 0.108. The molecule has 4 rings (SSSR count). The van der Waals surface area contributed by atoms with Crippen molar-refractivity contribution in [2.75, 3.05) is 27.4 Å². The zero-order chi connectivity index (χ0) is 40.8. The topological polar surface area (TPSA) is 218 Å². The Morgan fingerprint density at radius 2 is 1.14 bits per heavy atom. The second-order valence-electron chi connectivity index (χ2n) is 16.2. The van der Waals surface area contributed by atoms with Gasteiger partial charge in [-0.25, -0.2) is 0 Å². The molecule has 2 heterocycles. The Hall–Kier alpha value is -3.92. The minimum absolute atomic E-state index is 0.0207.